The Hall–Kier alpha value is -1.50. The molecule has 1 aromatic rings. The summed E-state index contributed by atoms with van der Waals surface area (Å²) in [5.74, 6) is 0.0714. The number of carbonyl (C=O) groups excluding carboxylic acids is 2. The maximum atomic E-state index is 12.6. The minimum atomic E-state index is -0.356. The monoisotopic (exact) mass is 401 g/mol. The van der Waals surface area contributed by atoms with Crippen LogP contribution < -0.4 is 20.3 Å². The van der Waals surface area contributed by atoms with Crippen molar-refractivity contribution in [1.82, 2.24) is 10.6 Å². The van der Waals surface area contributed by atoms with Gasteiger partial charge in [0.15, 0.2) is 0 Å². The summed E-state index contributed by atoms with van der Waals surface area (Å²) >= 11 is 6.06. The molecule has 3 unspecified atom stereocenters. The smallest absolute Gasteiger partial charge is 0.227 e. The number of amides is 2. The van der Waals surface area contributed by atoms with Gasteiger partial charge < -0.3 is 20.3 Å². The van der Waals surface area contributed by atoms with Crippen LogP contribution >= 0.6 is 24.0 Å². The van der Waals surface area contributed by atoms with Crippen LogP contribution in [-0.2, 0) is 9.59 Å². The average Bonchev–Trinajstić information content (AvgIpc) is 2.98. The first-order chi connectivity index (χ1) is 12.0. The number of benzene rings is 1. The van der Waals surface area contributed by atoms with Crippen LogP contribution in [0.5, 0.6) is 5.75 Å². The van der Waals surface area contributed by atoms with Crippen molar-refractivity contribution in [3.63, 3.8) is 0 Å². The SMILES string of the molecule is COc1ccc(Cl)cc1N1CC(C(=O)NC2CCCNC2C)CC1=O.Cl. The van der Waals surface area contributed by atoms with Crippen molar-refractivity contribution in [1.29, 1.82) is 0 Å². The number of piperidine rings is 1. The first kappa shape index (κ1) is 20.8. The van der Waals surface area contributed by atoms with Crippen LogP contribution in [0.25, 0.3) is 0 Å². The van der Waals surface area contributed by atoms with Crippen molar-refractivity contribution in [2.24, 2.45) is 5.92 Å². The molecule has 6 nitrogen and oxygen atoms in total. The molecule has 0 spiro atoms. The van der Waals surface area contributed by atoms with Crippen LogP contribution in [0.2, 0.25) is 5.02 Å². The fourth-order valence-corrected chi connectivity index (χ4v) is 3.70. The van der Waals surface area contributed by atoms with Gasteiger partial charge >= 0.3 is 0 Å². The van der Waals surface area contributed by atoms with E-state index in [-0.39, 0.29) is 48.6 Å². The fraction of sp³-hybridized carbons (Fsp3) is 0.556. The Balaban J connectivity index is 0.00000243. The molecule has 0 aliphatic carbocycles. The molecule has 2 heterocycles. The van der Waals surface area contributed by atoms with Gasteiger partial charge in [-0.15, -0.1) is 12.4 Å². The Morgan fingerprint density at radius 1 is 1.42 bits per heavy atom. The predicted molar refractivity (Wildman–Crippen MR) is 104 cm³/mol. The summed E-state index contributed by atoms with van der Waals surface area (Å²) in [6.07, 6.45) is 2.22. The highest BCUT2D eigenvalue weighted by Crippen LogP contribution is 2.35. The summed E-state index contributed by atoms with van der Waals surface area (Å²) in [5, 5.41) is 7.00. The van der Waals surface area contributed by atoms with Crippen LogP contribution in [0, 0.1) is 5.92 Å². The second kappa shape index (κ2) is 8.93. The Kier molecular flexibility index (Phi) is 7.15. The molecular weight excluding hydrogens is 377 g/mol. The van der Waals surface area contributed by atoms with Crippen molar-refractivity contribution in [3.05, 3.63) is 23.2 Å². The van der Waals surface area contributed by atoms with Crippen LogP contribution in [0.4, 0.5) is 5.69 Å². The molecule has 2 aliphatic rings. The van der Waals surface area contributed by atoms with Gasteiger partial charge in [-0.1, -0.05) is 11.6 Å². The van der Waals surface area contributed by atoms with Crippen LogP contribution in [0.1, 0.15) is 26.2 Å². The lowest BCUT2D eigenvalue weighted by molar-refractivity contribution is -0.127. The highest BCUT2D eigenvalue weighted by molar-refractivity contribution is 6.31. The van der Waals surface area contributed by atoms with Gasteiger partial charge in [-0.2, -0.15) is 0 Å². The Labute approximate surface area is 165 Å². The van der Waals surface area contributed by atoms with Gasteiger partial charge in [0.2, 0.25) is 11.8 Å². The Morgan fingerprint density at radius 3 is 2.88 bits per heavy atom. The molecular formula is C18H25Cl2N3O3. The van der Waals surface area contributed by atoms with E-state index in [0.717, 1.165) is 19.4 Å². The fourth-order valence-electron chi connectivity index (χ4n) is 3.53. The molecule has 26 heavy (non-hydrogen) atoms. The molecule has 3 rings (SSSR count). The molecule has 0 aromatic heterocycles. The third-order valence-corrected chi connectivity index (χ3v) is 5.25. The number of ether oxygens (including phenoxy) is 1. The Morgan fingerprint density at radius 2 is 2.19 bits per heavy atom. The molecule has 144 valence electrons. The molecule has 0 saturated carbocycles. The van der Waals surface area contributed by atoms with Gasteiger partial charge in [0.25, 0.3) is 0 Å². The van der Waals surface area contributed by atoms with Crippen LogP contribution in [-0.4, -0.2) is 44.1 Å². The van der Waals surface area contributed by atoms with E-state index in [0.29, 0.717) is 23.0 Å². The highest BCUT2D eigenvalue weighted by atomic mass is 35.5. The number of halogens is 2. The number of carbonyl (C=O) groups is 2. The third-order valence-electron chi connectivity index (χ3n) is 5.02. The van der Waals surface area contributed by atoms with Crippen molar-refractivity contribution in [2.75, 3.05) is 25.1 Å². The van der Waals surface area contributed by atoms with Gasteiger partial charge in [0.05, 0.1) is 18.7 Å². The van der Waals surface area contributed by atoms with E-state index in [2.05, 4.69) is 17.6 Å². The second-order valence-corrected chi connectivity index (χ2v) is 7.16. The molecule has 0 bridgehead atoms. The zero-order valence-electron chi connectivity index (χ0n) is 15.0. The molecule has 2 saturated heterocycles. The zero-order valence-corrected chi connectivity index (χ0v) is 16.5. The largest absolute Gasteiger partial charge is 0.495 e. The maximum Gasteiger partial charge on any atom is 0.227 e. The lowest BCUT2D eigenvalue weighted by Crippen LogP contribution is -2.53. The number of rotatable bonds is 4. The molecule has 2 N–H and O–H groups in total. The van der Waals surface area contributed by atoms with Gasteiger partial charge in [0.1, 0.15) is 5.75 Å². The van der Waals surface area contributed by atoms with E-state index in [4.69, 9.17) is 16.3 Å². The van der Waals surface area contributed by atoms with E-state index in [9.17, 15) is 9.59 Å². The van der Waals surface area contributed by atoms with E-state index >= 15 is 0 Å². The molecule has 3 atom stereocenters. The summed E-state index contributed by atoms with van der Waals surface area (Å²) in [4.78, 5) is 26.7. The highest BCUT2D eigenvalue weighted by Gasteiger charge is 2.37. The summed E-state index contributed by atoms with van der Waals surface area (Å²) in [7, 11) is 1.55. The molecule has 2 aliphatic heterocycles. The molecule has 2 fully saturated rings. The molecule has 0 radical (unpaired) electrons. The number of nitrogens with zero attached hydrogens (tertiary/aromatic N) is 1. The van der Waals surface area contributed by atoms with Crippen LogP contribution in [0.15, 0.2) is 18.2 Å². The quantitative estimate of drug-likeness (QED) is 0.812. The summed E-state index contributed by atoms with van der Waals surface area (Å²) < 4.78 is 5.33. The van der Waals surface area contributed by atoms with Crippen molar-refractivity contribution in [3.8, 4) is 5.75 Å². The summed E-state index contributed by atoms with van der Waals surface area (Å²) in [6, 6.07) is 5.51. The number of hydrogen-bond donors (Lipinski definition) is 2. The van der Waals surface area contributed by atoms with Gasteiger partial charge in [0, 0.05) is 30.1 Å². The van der Waals surface area contributed by atoms with Crippen molar-refractivity contribution >= 4 is 41.5 Å². The van der Waals surface area contributed by atoms with Gasteiger partial charge in [-0.05, 0) is 44.5 Å². The van der Waals surface area contributed by atoms with Crippen molar-refractivity contribution in [2.45, 2.75) is 38.3 Å². The minimum absolute atomic E-state index is 0. The Bertz CT molecular complexity index is 671. The molecule has 8 heteroatoms. The van der Waals surface area contributed by atoms with Gasteiger partial charge in [-0.25, -0.2) is 0 Å². The normalized spacial score (nSPS) is 25.6. The first-order valence-corrected chi connectivity index (χ1v) is 9.05. The zero-order chi connectivity index (χ0) is 18.0. The average molecular weight is 402 g/mol. The topological polar surface area (TPSA) is 70.7 Å². The third kappa shape index (κ3) is 4.42. The second-order valence-electron chi connectivity index (χ2n) is 6.72. The lowest BCUT2D eigenvalue weighted by atomic mass is 9.98. The standard InChI is InChI=1S/C18H24ClN3O3.ClH/c1-11-14(4-3-7-20-11)21-18(24)12-8-17(23)22(10-12)15-9-13(19)5-6-16(15)25-2;/h5-6,9,11-12,14,20H,3-4,7-8,10H2,1-2H3,(H,21,24);1H. The molecule has 2 amide bonds. The number of methoxy groups -OCH3 is 1. The van der Waals surface area contributed by atoms with E-state index in [1.54, 1.807) is 30.2 Å². The minimum Gasteiger partial charge on any atom is -0.495 e. The maximum absolute atomic E-state index is 12.6. The van der Waals surface area contributed by atoms with E-state index in [1.165, 1.54) is 0 Å². The molecule has 1 aromatic carbocycles. The first-order valence-electron chi connectivity index (χ1n) is 8.67. The number of anilines is 1. The number of hydrogen-bond acceptors (Lipinski definition) is 4. The predicted octanol–water partition coefficient (Wildman–Crippen LogP) is 2.38. The summed E-state index contributed by atoms with van der Waals surface area (Å²) in [6.45, 7) is 3.40. The van der Waals surface area contributed by atoms with E-state index < -0.39 is 0 Å². The summed E-state index contributed by atoms with van der Waals surface area (Å²) in [5.41, 5.74) is 0.614. The van der Waals surface area contributed by atoms with Crippen molar-refractivity contribution < 1.29 is 14.3 Å². The van der Waals surface area contributed by atoms with Gasteiger partial charge in [-0.3, -0.25) is 9.59 Å². The van der Waals surface area contributed by atoms with Crippen LogP contribution in [0.3, 0.4) is 0 Å². The number of nitrogens with one attached hydrogen (secondary N) is 2. The van der Waals surface area contributed by atoms with E-state index in [1.807, 2.05) is 0 Å². The lowest BCUT2D eigenvalue weighted by Gasteiger charge is -2.31.